The Balaban J connectivity index is 1.66. The third-order valence-corrected chi connectivity index (χ3v) is 8.12. The predicted molar refractivity (Wildman–Crippen MR) is 122 cm³/mol. The number of hydrogen-bond acceptors (Lipinski definition) is 5. The summed E-state index contributed by atoms with van der Waals surface area (Å²) in [6, 6.07) is 8.72. The summed E-state index contributed by atoms with van der Waals surface area (Å²) in [5, 5.41) is 13.8. The maximum atomic E-state index is 13.1. The molecule has 2 aromatic rings. The maximum Gasteiger partial charge on any atom is 0.282 e. The Morgan fingerprint density at radius 3 is 2.47 bits per heavy atom. The molecule has 1 aliphatic heterocycles. The summed E-state index contributed by atoms with van der Waals surface area (Å²) in [7, 11) is -3.61. The monoisotopic (exact) mass is 481 g/mol. The number of quaternary nitrogens is 1. The van der Waals surface area contributed by atoms with Crippen LogP contribution in [0.5, 0.6) is 0 Å². The average Bonchev–Trinajstić information content (AvgIpc) is 2.76. The first-order valence-electron chi connectivity index (χ1n) is 10.2. The lowest BCUT2D eigenvalue weighted by atomic mass is 10.2. The van der Waals surface area contributed by atoms with Crippen molar-refractivity contribution in [1.29, 1.82) is 0 Å². The normalized spacial score (nSPS) is 16.5. The Morgan fingerprint density at radius 2 is 1.84 bits per heavy atom. The van der Waals surface area contributed by atoms with Gasteiger partial charge in [0.2, 0.25) is 10.0 Å². The van der Waals surface area contributed by atoms with Crippen molar-refractivity contribution >= 4 is 38.9 Å². The van der Waals surface area contributed by atoms with E-state index in [-0.39, 0.29) is 22.3 Å². The van der Waals surface area contributed by atoms with E-state index in [0.29, 0.717) is 36.6 Å². The van der Waals surface area contributed by atoms with Crippen molar-refractivity contribution in [3.63, 3.8) is 0 Å². The van der Waals surface area contributed by atoms with Crippen LogP contribution >= 0.6 is 11.6 Å². The third-order valence-electron chi connectivity index (χ3n) is 5.75. The summed E-state index contributed by atoms with van der Waals surface area (Å²) in [4.78, 5) is 24.4. The van der Waals surface area contributed by atoms with Crippen LogP contribution in [0.15, 0.2) is 41.3 Å². The fourth-order valence-electron chi connectivity index (χ4n) is 3.72. The molecule has 1 amide bonds. The molecule has 32 heavy (non-hydrogen) atoms. The number of nitro benzene ring substituents is 1. The molecule has 0 unspecified atom stereocenters. The second-order valence-electron chi connectivity index (χ2n) is 7.96. The minimum atomic E-state index is -3.61. The molecule has 1 aliphatic rings. The van der Waals surface area contributed by atoms with Crippen molar-refractivity contribution in [2.24, 2.45) is 0 Å². The molecule has 1 saturated heterocycles. The molecule has 172 valence electrons. The van der Waals surface area contributed by atoms with Crippen molar-refractivity contribution < 1.29 is 23.0 Å². The molecule has 0 bridgehead atoms. The van der Waals surface area contributed by atoms with Crippen LogP contribution in [0.2, 0.25) is 5.02 Å². The molecule has 11 heteroatoms. The van der Waals surface area contributed by atoms with E-state index in [1.165, 1.54) is 22.5 Å². The van der Waals surface area contributed by atoms with Gasteiger partial charge in [-0.2, -0.15) is 4.31 Å². The van der Waals surface area contributed by atoms with Crippen LogP contribution in [0.25, 0.3) is 0 Å². The van der Waals surface area contributed by atoms with E-state index < -0.39 is 21.0 Å². The van der Waals surface area contributed by atoms with E-state index in [9.17, 15) is 23.3 Å². The molecule has 3 rings (SSSR count). The zero-order chi connectivity index (χ0) is 23.6. The molecule has 0 aromatic heterocycles. The van der Waals surface area contributed by atoms with E-state index >= 15 is 0 Å². The van der Waals surface area contributed by atoms with Gasteiger partial charge in [-0.25, -0.2) is 8.42 Å². The second kappa shape index (κ2) is 9.53. The highest BCUT2D eigenvalue weighted by molar-refractivity contribution is 7.89. The van der Waals surface area contributed by atoms with Gasteiger partial charge in [0, 0.05) is 12.1 Å². The van der Waals surface area contributed by atoms with Crippen LogP contribution in [0.3, 0.4) is 0 Å². The van der Waals surface area contributed by atoms with Crippen molar-refractivity contribution in [2.45, 2.75) is 31.7 Å². The quantitative estimate of drug-likeness (QED) is 0.482. The van der Waals surface area contributed by atoms with Crippen LogP contribution in [0, 0.1) is 24.0 Å². The molecule has 1 atom stereocenters. The van der Waals surface area contributed by atoms with Crippen LogP contribution in [-0.4, -0.2) is 55.8 Å². The van der Waals surface area contributed by atoms with Gasteiger partial charge in [0.05, 0.1) is 46.7 Å². The molecule has 0 aliphatic carbocycles. The number of carbonyl (C=O) groups is 1. The molecule has 2 N–H and O–H groups in total. The number of nitro groups is 1. The summed E-state index contributed by atoms with van der Waals surface area (Å²) in [6.07, 6.45) is 0. The number of nitrogens with one attached hydrogen (secondary N) is 2. The van der Waals surface area contributed by atoms with E-state index in [1.54, 1.807) is 26.0 Å². The molecule has 1 heterocycles. The summed E-state index contributed by atoms with van der Waals surface area (Å²) < 4.78 is 27.7. The first kappa shape index (κ1) is 24.1. The van der Waals surface area contributed by atoms with Crippen LogP contribution in [-0.2, 0) is 14.8 Å². The minimum Gasteiger partial charge on any atom is -0.323 e. The lowest BCUT2D eigenvalue weighted by Gasteiger charge is -2.34. The van der Waals surface area contributed by atoms with E-state index in [0.717, 1.165) is 10.5 Å². The topological polar surface area (TPSA) is 114 Å². The molecular formula is C21H26ClN4O5S+. The highest BCUT2D eigenvalue weighted by Gasteiger charge is 2.35. The number of non-ortho nitro benzene ring substituents is 1. The molecule has 0 saturated carbocycles. The number of halogens is 1. The predicted octanol–water partition coefficient (Wildman–Crippen LogP) is 1.78. The number of anilines is 1. The summed E-state index contributed by atoms with van der Waals surface area (Å²) >= 11 is 6.07. The van der Waals surface area contributed by atoms with Gasteiger partial charge in [-0.15, -0.1) is 0 Å². The number of benzene rings is 2. The highest BCUT2D eigenvalue weighted by atomic mass is 35.5. The van der Waals surface area contributed by atoms with Gasteiger partial charge < -0.3 is 10.2 Å². The smallest absolute Gasteiger partial charge is 0.282 e. The average molecular weight is 482 g/mol. The number of aryl methyl sites for hydroxylation is 2. The Kier molecular flexibility index (Phi) is 7.19. The zero-order valence-electron chi connectivity index (χ0n) is 18.1. The summed E-state index contributed by atoms with van der Waals surface area (Å²) in [5.41, 5.74) is 1.58. The standard InChI is InChI=1S/C21H25ClN4O5S/c1-14-4-5-15(2)20(12-14)32(30,31)25-10-8-24(9-11-25)16(3)21(27)23-19-13-17(26(28)29)6-7-18(19)22/h4-7,12-13,16H,8-11H2,1-3H3,(H,23,27)/p+1/t16-/m0/s1. The summed E-state index contributed by atoms with van der Waals surface area (Å²) in [5.74, 6) is -0.340. The van der Waals surface area contributed by atoms with Gasteiger partial charge in [0.1, 0.15) is 0 Å². The van der Waals surface area contributed by atoms with Gasteiger partial charge in [0.25, 0.3) is 11.6 Å². The molecule has 0 radical (unpaired) electrons. The minimum absolute atomic E-state index is 0.171. The van der Waals surface area contributed by atoms with Gasteiger partial charge in [-0.05, 0) is 44.0 Å². The largest absolute Gasteiger partial charge is 0.323 e. The van der Waals surface area contributed by atoms with Gasteiger partial charge in [-0.3, -0.25) is 14.9 Å². The lowest BCUT2D eigenvalue weighted by molar-refractivity contribution is -0.917. The Labute approximate surface area is 192 Å². The number of carbonyl (C=O) groups excluding carboxylic acids is 1. The van der Waals surface area contributed by atoms with Crippen LogP contribution < -0.4 is 10.2 Å². The van der Waals surface area contributed by atoms with Crippen molar-refractivity contribution in [1.82, 2.24) is 4.31 Å². The Morgan fingerprint density at radius 1 is 1.19 bits per heavy atom. The van der Waals surface area contributed by atoms with E-state index in [4.69, 9.17) is 11.6 Å². The fourth-order valence-corrected chi connectivity index (χ4v) is 5.64. The van der Waals surface area contributed by atoms with E-state index in [1.807, 2.05) is 13.0 Å². The molecule has 0 spiro atoms. The van der Waals surface area contributed by atoms with Gasteiger partial charge >= 0.3 is 0 Å². The van der Waals surface area contributed by atoms with Gasteiger partial charge in [-0.1, -0.05) is 23.7 Å². The highest BCUT2D eigenvalue weighted by Crippen LogP contribution is 2.26. The number of amides is 1. The van der Waals surface area contributed by atoms with Crippen LogP contribution in [0.1, 0.15) is 18.1 Å². The van der Waals surface area contributed by atoms with Crippen LogP contribution in [0.4, 0.5) is 11.4 Å². The Bertz CT molecular complexity index is 1150. The first-order valence-corrected chi connectivity index (χ1v) is 12.0. The van der Waals surface area contributed by atoms with Gasteiger partial charge in [0.15, 0.2) is 6.04 Å². The number of piperazine rings is 1. The lowest BCUT2D eigenvalue weighted by Crippen LogP contribution is -3.19. The summed E-state index contributed by atoms with van der Waals surface area (Å²) in [6.45, 7) is 6.88. The Hall–Kier alpha value is -2.53. The number of nitrogens with zero attached hydrogens (tertiary/aromatic N) is 2. The third kappa shape index (κ3) is 5.09. The SMILES string of the molecule is Cc1ccc(C)c(S(=O)(=O)N2CC[NH+]([C@@H](C)C(=O)Nc3cc([N+](=O)[O-])ccc3Cl)CC2)c1. The van der Waals surface area contributed by atoms with E-state index in [2.05, 4.69) is 5.32 Å². The van der Waals surface area contributed by atoms with Crippen molar-refractivity contribution in [3.05, 3.63) is 62.7 Å². The zero-order valence-corrected chi connectivity index (χ0v) is 19.7. The van der Waals surface area contributed by atoms with Crippen molar-refractivity contribution in [2.75, 3.05) is 31.5 Å². The first-order chi connectivity index (χ1) is 15.0. The second-order valence-corrected chi connectivity index (χ2v) is 10.3. The maximum absolute atomic E-state index is 13.1. The number of hydrogen-bond donors (Lipinski definition) is 2. The molecule has 2 aromatic carbocycles. The number of sulfonamides is 1. The van der Waals surface area contributed by atoms with Crippen molar-refractivity contribution in [3.8, 4) is 0 Å². The molecular weight excluding hydrogens is 456 g/mol. The molecule has 9 nitrogen and oxygen atoms in total. The fraction of sp³-hybridized carbons (Fsp3) is 0.381. The number of rotatable bonds is 6. The molecule has 1 fully saturated rings.